The van der Waals surface area contributed by atoms with Crippen LogP contribution in [0.25, 0.3) is 0 Å². The minimum Gasteiger partial charge on any atom is -0.461 e. The molecule has 5 rings (SSSR count). The molecule has 5 aliphatic rings. The topological polar surface area (TPSA) is 55.8 Å². The van der Waals surface area contributed by atoms with E-state index in [2.05, 4.69) is 30.9 Å². The molecule has 0 bridgehead atoms. The second-order valence-corrected chi connectivity index (χ2v) is 9.84. The first-order valence-corrected chi connectivity index (χ1v) is 11.3. The van der Waals surface area contributed by atoms with Crippen LogP contribution < -0.4 is 0 Å². The fourth-order valence-corrected chi connectivity index (χ4v) is 7.34. The van der Waals surface area contributed by atoms with Gasteiger partial charge in [0.05, 0.1) is 11.8 Å². The first-order valence-electron chi connectivity index (χ1n) is 11.3. The first kappa shape index (κ1) is 18.7. The second kappa shape index (κ2) is 6.86. The van der Waals surface area contributed by atoms with E-state index in [1.54, 1.807) is 0 Å². The number of allylic oxidation sites excluding steroid dienone is 1. The minimum absolute atomic E-state index is 0.00856. The quantitative estimate of drug-likeness (QED) is 0.538. The monoisotopic (exact) mass is 387 g/mol. The molecule has 1 aliphatic carbocycles. The number of hydrogen-bond donors (Lipinski definition) is 0. The summed E-state index contributed by atoms with van der Waals surface area (Å²) < 4.78 is 11.8. The number of carbonyl (C=O) groups is 2. The highest BCUT2D eigenvalue weighted by Gasteiger charge is 2.63. The number of cyclic esters (lactones) is 1. The molecule has 154 valence electrons. The van der Waals surface area contributed by atoms with E-state index in [0.717, 1.165) is 19.4 Å². The number of hydrogen-bond acceptors (Lipinski definition) is 5. The molecule has 5 nitrogen and oxygen atoms in total. The summed E-state index contributed by atoms with van der Waals surface area (Å²) in [6, 6.07) is 0.791. The Balaban J connectivity index is 1.53. The third-order valence-electron chi connectivity index (χ3n) is 8.45. The SMILES string of the molecule is C/C=C/[C@@H]1[C@H]2CCCCN3[C@H]2[C@H](C[C@H]3[C@@H]2C[C@H](C)C(=O)O2)[C@H]2C(C)C(=O)O[C@@H]12. The lowest BCUT2D eigenvalue weighted by molar-refractivity contribution is -0.146. The zero-order valence-corrected chi connectivity index (χ0v) is 17.3. The number of esters is 2. The molecule has 0 N–H and O–H groups in total. The Morgan fingerprint density at radius 2 is 1.86 bits per heavy atom. The lowest BCUT2D eigenvalue weighted by Crippen LogP contribution is -2.54. The molecule has 1 unspecified atom stereocenters. The number of carbonyl (C=O) groups excluding carboxylic acids is 2. The van der Waals surface area contributed by atoms with Crippen molar-refractivity contribution in [3.05, 3.63) is 12.2 Å². The molecule has 0 spiro atoms. The molecule has 5 heteroatoms. The zero-order valence-electron chi connectivity index (χ0n) is 17.3. The lowest BCUT2D eigenvalue weighted by Gasteiger charge is -2.47. The summed E-state index contributed by atoms with van der Waals surface area (Å²) in [5.74, 6) is 1.52. The van der Waals surface area contributed by atoms with Crippen LogP contribution in [-0.2, 0) is 19.1 Å². The van der Waals surface area contributed by atoms with E-state index in [1.165, 1.54) is 19.3 Å². The van der Waals surface area contributed by atoms with Crippen molar-refractivity contribution in [2.24, 2.45) is 35.5 Å². The van der Waals surface area contributed by atoms with Gasteiger partial charge in [0.15, 0.2) is 0 Å². The van der Waals surface area contributed by atoms with E-state index >= 15 is 0 Å². The maximum absolute atomic E-state index is 12.5. The van der Waals surface area contributed by atoms with Crippen molar-refractivity contribution in [3.8, 4) is 0 Å². The fourth-order valence-electron chi connectivity index (χ4n) is 7.34. The van der Waals surface area contributed by atoms with Crippen molar-refractivity contribution in [2.45, 2.75) is 77.2 Å². The molecule has 0 amide bonds. The molecule has 0 aromatic heterocycles. The van der Waals surface area contributed by atoms with E-state index in [9.17, 15) is 9.59 Å². The second-order valence-electron chi connectivity index (χ2n) is 9.84. The van der Waals surface area contributed by atoms with Gasteiger partial charge in [0.2, 0.25) is 0 Å². The maximum Gasteiger partial charge on any atom is 0.309 e. The summed E-state index contributed by atoms with van der Waals surface area (Å²) in [6.07, 6.45) is 9.99. The smallest absolute Gasteiger partial charge is 0.309 e. The molecule has 0 radical (unpaired) electrons. The van der Waals surface area contributed by atoms with E-state index in [4.69, 9.17) is 9.47 Å². The summed E-state index contributed by atoms with van der Waals surface area (Å²) in [5.41, 5.74) is 0. The largest absolute Gasteiger partial charge is 0.461 e. The lowest BCUT2D eigenvalue weighted by atomic mass is 9.60. The third kappa shape index (κ3) is 2.61. The summed E-state index contributed by atoms with van der Waals surface area (Å²) in [5, 5.41) is 0. The van der Waals surface area contributed by atoms with E-state index in [0.29, 0.717) is 29.8 Å². The Kier molecular flexibility index (Phi) is 4.57. The molecule has 5 fully saturated rings. The van der Waals surface area contributed by atoms with Gasteiger partial charge >= 0.3 is 11.9 Å². The predicted octanol–water partition coefficient (Wildman–Crippen LogP) is 3.18. The highest BCUT2D eigenvalue weighted by atomic mass is 16.6. The zero-order chi connectivity index (χ0) is 19.6. The van der Waals surface area contributed by atoms with Gasteiger partial charge in [-0.15, -0.1) is 0 Å². The van der Waals surface area contributed by atoms with Crippen LogP contribution >= 0.6 is 0 Å². The third-order valence-corrected chi connectivity index (χ3v) is 8.45. The predicted molar refractivity (Wildman–Crippen MR) is 104 cm³/mol. The van der Waals surface area contributed by atoms with Gasteiger partial charge in [0, 0.05) is 23.9 Å². The van der Waals surface area contributed by atoms with Gasteiger partial charge in [-0.3, -0.25) is 14.5 Å². The molecule has 1 saturated carbocycles. The van der Waals surface area contributed by atoms with Crippen LogP contribution in [0.5, 0.6) is 0 Å². The Morgan fingerprint density at radius 3 is 2.57 bits per heavy atom. The van der Waals surface area contributed by atoms with Crippen LogP contribution in [0.15, 0.2) is 12.2 Å². The normalized spacial score (nSPS) is 51.0. The van der Waals surface area contributed by atoms with Crippen molar-refractivity contribution >= 4 is 11.9 Å². The van der Waals surface area contributed by atoms with E-state index in [1.807, 2.05) is 6.92 Å². The van der Waals surface area contributed by atoms with Crippen molar-refractivity contribution < 1.29 is 19.1 Å². The van der Waals surface area contributed by atoms with Crippen LogP contribution in [-0.4, -0.2) is 47.7 Å². The Bertz CT molecular complexity index is 690. The minimum atomic E-state index is -0.0383. The summed E-state index contributed by atoms with van der Waals surface area (Å²) in [7, 11) is 0. The number of rotatable bonds is 2. The van der Waals surface area contributed by atoms with Crippen molar-refractivity contribution in [1.82, 2.24) is 4.90 Å². The number of ether oxygens (including phenoxy) is 2. The van der Waals surface area contributed by atoms with Gasteiger partial charge in [-0.1, -0.05) is 32.4 Å². The Morgan fingerprint density at radius 1 is 1.04 bits per heavy atom. The summed E-state index contributed by atoms with van der Waals surface area (Å²) in [4.78, 5) is 27.3. The van der Waals surface area contributed by atoms with E-state index in [-0.39, 0.29) is 41.9 Å². The van der Waals surface area contributed by atoms with Crippen LogP contribution in [0.2, 0.25) is 0 Å². The Hall–Kier alpha value is -1.36. The van der Waals surface area contributed by atoms with Crippen LogP contribution in [0, 0.1) is 35.5 Å². The van der Waals surface area contributed by atoms with Crippen molar-refractivity contribution in [3.63, 3.8) is 0 Å². The van der Waals surface area contributed by atoms with Crippen molar-refractivity contribution in [1.29, 1.82) is 0 Å². The average molecular weight is 388 g/mol. The summed E-state index contributed by atoms with van der Waals surface area (Å²) >= 11 is 0. The molecule has 4 saturated heterocycles. The van der Waals surface area contributed by atoms with Gasteiger partial charge in [-0.2, -0.15) is 0 Å². The standard InChI is InChI=1S/C23H33NO4/c1-4-7-15-14-8-5-6-9-24-17(18-10-12(2)22(25)27-18)11-16(20(14)24)19-13(3)23(26)28-21(15)19/h4,7,12-21H,5-6,8-11H2,1-3H3/b7-4+/t12-,13?,14+,15+,16+,17-,18-,19+,20+,21-/m0/s1. The molecule has 28 heavy (non-hydrogen) atoms. The summed E-state index contributed by atoms with van der Waals surface area (Å²) in [6.45, 7) is 7.21. The van der Waals surface area contributed by atoms with Gasteiger partial charge < -0.3 is 9.47 Å². The first-order chi connectivity index (χ1) is 13.5. The molecular formula is C23H33NO4. The Labute approximate surface area is 167 Å². The highest BCUT2D eigenvalue weighted by molar-refractivity contribution is 5.75. The average Bonchev–Trinajstić information content (AvgIpc) is 3.22. The maximum atomic E-state index is 12.5. The molecular weight excluding hydrogens is 354 g/mol. The van der Waals surface area contributed by atoms with E-state index < -0.39 is 0 Å². The van der Waals surface area contributed by atoms with Gasteiger partial charge in [0.25, 0.3) is 0 Å². The molecule has 0 aromatic rings. The van der Waals surface area contributed by atoms with Gasteiger partial charge in [0.1, 0.15) is 12.2 Å². The number of fused-ring (bicyclic) bond motifs is 2. The molecule has 10 atom stereocenters. The molecule has 4 heterocycles. The van der Waals surface area contributed by atoms with Gasteiger partial charge in [-0.25, -0.2) is 0 Å². The number of nitrogens with zero attached hydrogens (tertiary/aromatic N) is 1. The van der Waals surface area contributed by atoms with Crippen molar-refractivity contribution in [2.75, 3.05) is 6.54 Å². The van der Waals surface area contributed by atoms with Crippen LogP contribution in [0.1, 0.15) is 52.9 Å². The fraction of sp³-hybridized carbons (Fsp3) is 0.826. The molecule has 4 aliphatic heterocycles. The van der Waals surface area contributed by atoms with Crippen LogP contribution in [0.3, 0.4) is 0 Å². The highest BCUT2D eigenvalue weighted by Crippen LogP contribution is 2.57. The van der Waals surface area contributed by atoms with Crippen LogP contribution in [0.4, 0.5) is 0 Å². The molecule has 0 aromatic carbocycles. The van der Waals surface area contributed by atoms with Gasteiger partial charge in [-0.05, 0) is 51.0 Å².